The van der Waals surface area contributed by atoms with Gasteiger partial charge in [0.25, 0.3) is 0 Å². The Morgan fingerprint density at radius 1 is 1.47 bits per heavy atom. The van der Waals surface area contributed by atoms with Crippen LogP contribution in [0.2, 0.25) is 0 Å². The second kappa shape index (κ2) is 6.71. The van der Waals surface area contributed by atoms with Gasteiger partial charge in [-0.05, 0) is 38.1 Å². The summed E-state index contributed by atoms with van der Waals surface area (Å²) in [5.74, 6) is 1.56. The summed E-state index contributed by atoms with van der Waals surface area (Å²) in [6.45, 7) is 12.3. The molecule has 1 saturated heterocycles. The van der Waals surface area contributed by atoms with Crippen LogP contribution in [0, 0.1) is 11.8 Å². The molecule has 0 radical (unpaired) electrons. The summed E-state index contributed by atoms with van der Waals surface area (Å²) in [7, 11) is 0. The topological polar surface area (TPSA) is 28.2 Å². The van der Waals surface area contributed by atoms with Crippen molar-refractivity contribution in [2.75, 3.05) is 18.0 Å². The van der Waals surface area contributed by atoms with E-state index in [1.54, 1.807) is 0 Å². The number of nitrogens with one attached hydrogen (secondary N) is 1. The zero-order valence-corrected chi connectivity index (χ0v) is 13.5. The van der Waals surface area contributed by atoms with Crippen LogP contribution in [0.15, 0.2) is 6.20 Å². The van der Waals surface area contributed by atoms with Gasteiger partial charge in [-0.25, -0.2) is 4.98 Å². The van der Waals surface area contributed by atoms with Crippen LogP contribution in [0.25, 0.3) is 0 Å². The molecule has 1 aliphatic rings. The molecular formula is C15H27N3S. The average molecular weight is 281 g/mol. The average Bonchev–Trinajstić information content (AvgIpc) is 2.77. The van der Waals surface area contributed by atoms with E-state index in [0.717, 1.165) is 25.6 Å². The molecule has 19 heavy (non-hydrogen) atoms. The molecule has 1 aliphatic heterocycles. The number of rotatable bonds is 5. The summed E-state index contributed by atoms with van der Waals surface area (Å²) < 4.78 is 0. The Morgan fingerprint density at radius 2 is 2.26 bits per heavy atom. The van der Waals surface area contributed by atoms with Crippen LogP contribution in [0.1, 0.15) is 45.4 Å². The number of hydrogen-bond donors (Lipinski definition) is 1. The van der Waals surface area contributed by atoms with E-state index in [-0.39, 0.29) is 0 Å². The first-order chi connectivity index (χ1) is 9.06. The minimum atomic E-state index is 0.631. The molecule has 1 fully saturated rings. The van der Waals surface area contributed by atoms with Crippen molar-refractivity contribution in [3.8, 4) is 0 Å². The molecule has 2 rings (SSSR count). The fraction of sp³-hybridized carbons (Fsp3) is 0.800. The van der Waals surface area contributed by atoms with Gasteiger partial charge in [-0.2, -0.15) is 0 Å². The van der Waals surface area contributed by atoms with Crippen molar-refractivity contribution >= 4 is 16.5 Å². The van der Waals surface area contributed by atoms with E-state index < -0.39 is 0 Å². The van der Waals surface area contributed by atoms with Gasteiger partial charge in [0, 0.05) is 30.2 Å². The van der Waals surface area contributed by atoms with Gasteiger partial charge < -0.3 is 10.2 Å². The predicted molar refractivity (Wildman–Crippen MR) is 83.9 cm³/mol. The lowest BCUT2D eigenvalue weighted by atomic mass is 9.94. The quantitative estimate of drug-likeness (QED) is 0.895. The number of thiazole rings is 1. The van der Waals surface area contributed by atoms with Gasteiger partial charge >= 0.3 is 0 Å². The van der Waals surface area contributed by atoms with Crippen molar-refractivity contribution < 1.29 is 0 Å². The first-order valence-electron chi connectivity index (χ1n) is 7.48. The van der Waals surface area contributed by atoms with Crippen LogP contribution in [0.4, 0.5) is 5.13 Å². The Balaban J connectivity index is 1.89. The van der Waals surface area contributed by atoms with E-state index in [1.807, 2.05) is 17.5 Å². The lowest BCUT2D eigenvalue weighted by molar-refractivity contribution is 0.377. The van der Waals surface area contributed by atoms with Crippen LogP contribution in [-0.2, 0) is 6.54 Å². The predicted octanol–water partition coefficient (Wildman–Crippen LogP) is 3.51. The Morgan fingerprint density at radius 3 is 2.95 bits per heavy atom. The van der Waals surface area contributed by atoms with Crippen LogP contribution in [0.3, 0.4) is 0 Å². The van der Waals surface area contributed by atoms with Crippen LogP contribution in [-0.4, -0.2) is 24.1 Å². The van der Waals surface area contributed by atoms with E-state index in [4.69, 9.17) is 0 Å². The summed E-state index contributed by atoms with van der Waals surface area (Å²) >= 11 is 1.85. The molecule has 0 bridgehead atoms. The van der Waals surface area contributed by atoms with Crippen molar-refractivity contribution in [2.45, 2.75) is 53.1 Å². The molecular weight excluding hydrogens is 254 g/mol. The lowest BCUT2D eigenvalue weighted by Crippen LogP contribution is -2.40. The van der Waals surface area contributed by atoms with E-state index in [0.29, 0.717) is 12.0 Å². The van der Waals surface area contributed by atoms with Crippen molar-refractivity contribution in [3.63, 3.8) is 0 Å². The van der Waals surface area contributed by atoms with Gasteiger partial charge in [0.1, 0.15) is 0 Å². The summed E-state index contributed by atoms with van der Waals surface area (Å²) in [5, 5.41) is 4.70. The van der Waals surface area contributed by atoms with Gasteiger partial charge in [-0.15, -0.1) is 11.3 Å². The van der Waals surface area contributed by atoms with E-state index >= 15 is 0 Å². The number of aromatic nitrogens is 1. The third-order valence-electron chi connectivity index (χ3n) is 3.78. The molecule has 2 unspecified atom stereocenters. The summed E-state index contributed by atoms with van der Waals surface area (Å²) in [6, 6.07) is 0.631. The van der Waals surface area contributed by atoms with Crippen LogP contribution in [0.5, 0.6) is 0 Å². The van der Waals surface area contributed by atoms with Crippen LogP contribution >= 0.6 is 11.3 Å². The maximum atomic E-state index is 4.62. The normalized spacial score (nSPS) is 24.2. The minimum Gasteiger partial charge on any atom is -0.345 e. The van der Waals surface area contributed by atoms with Crippen molar-refractivity contribution in [1.82, 2.24) is 10.3 Å². The zero-order chi connectivity index (χ0) is 13.8. The molecule has 0 aromatic carbocycles. The largest absolute Gasteiger partial charge is 0.345 e. The second-order valence-corrected chi connectivity index (χ2v) is 7.40. The third kappa shape index (κ3) is 4.18. The summed E-state index contributed by atoms with van der Waals surface area (Å²) in [6.07, 6.45) is 4.63. The fourth-order valence-corrected chi connectivity index (χ4v) is 3.70. The van der Waals surface area contributed by atoms with Gasteiger partial charge in [0.15, 0.2) is 5.13 Å². The van der Waals surface area contributed by atoms with Gasteiger partial charge in [-0.1, -0.05) is 20.8 Å². The molecule has 2 atom stereocenters. The second-order valence-electron chi connectivity index (χ2n) is 6.31. The maximum absolute atomic E-state index is 4.62. The third-order valence-corrected chi connectivity index (χ3v) is 4.81. The van der Waals surface area contributed by atoms with Gasteiger partial charge in [0.05, 0.1) is 0 Å². The highest BCUT2D eigenvalue weighted by molar-refractivity contribution is 7.15. The van der Waals surface area contributed by atoms with E-state index in [1.165, 1.54) is 22.9 Å². The number of nitrogens with zero attached hydrogens (tertiary/aromatic N) is 2. The first kappa shape index (κ1) is 14.8. The number of anilines is 1. The standard InChI is InChI=1S/C15H27N3S/c1-11(2)8-16-9-14-10-17-15(19-14)18-6-5-12(3)7-13(18)4/h10-13,16H,5-9H2,1-4H3. The highest BCUT2D eigenvalue weighted by Crippen LogP contribution is 2.30. The summed E-state index contributed by atoms with van der Waals surface area (Å²) in [5.41, 5.74) is 0. The molecule has 1 N–H and O–H groups in total. The Kier molecular flexibility index (Phi) is 5.22. The minimum absolute atomic E-state index is 0.631. The summed E-state index contributed by atoms with van der Waals surface area (Å²) in [4.78, 5) is 8.45. The zero-order valence-electron chi connectivity index (χ0n) is 12.6. The molecule has 0 saturated carbocycles. The molecule has 1 aromatic heterocycles. The molecule has 0 amide bonds. The maximum Gasteiger partial charge on any atom is 0.185 e. The van der Waals surface area contributed by atoms with Crippen molar-refractivity contribution in [2.24, 2.45) is 11.8 Å². The molecule has 2 heterocycles. The van der Waals surface area contributed by atoms with Gasteiger partial charge in [-0.3, -0.25) is 0 Å². The lowest BCUT2D eigenvalue weighted by Gasteiger charge is -2.36. The van der Waals surface area contributed by atoms with Crippen molar-refractivity contribution in [1.29, 1.82) is 0 Å². The monoisotopic (exact) mass is 281 g/mol. The van der Waals surface area contributed by atoms with Crippen molar-refractivity contribution in [3.05, 3.63) is 11.1 Å². The molecule has 4 heteroatoms. The molecule has 0 spiro atoms. The Hall–Kier alpha value is -0.610. The fourth-order valence-electron chi connectivity index (χ4n) is 2.69. The smallest absolute Gasteiger partial charge is 0.185 e. The molecule has 1 aromatic rings. The SMILES string of the molecule is CC(C)CNCc1cnc(N2CCC(C)CC2C)s1. The number of piperidine rings is 1. The Labute approximate surface area is 121 Å². The highest BCUT2D eigenvalue weighted by atomic mass is 32.1. The molecule has 3 nitrogen and oxygen atoms in total. The highest BCUT2D eigenvalue weighted by Gasteiger charge is 2.24. The molecule has 108 valence electrons. The van der Waals surface area contributed by atoms with E-state index in [9.17, 15) is 0 Å². The van der Waals surface area contributed by atoms with Gasteiger partial charge in [0.2, 0.25) is 0 Å². The van der Waals surface area contributed by atoms with E-state index in [2.05, 4.69) is 42.9 Å². The Bertz CT molecular complexity index is 388. The van der Waals surface area contributed by atoms with Crippen LogP contribution < -0.4 is 10.2 Å². The first-order valence-corrected chi connectivity index (χ1v) is 8.30. The molecule has 0 aliphatic carbocycles. The number of hydrogen-bond acceptors (Lipinski definition) is 4.